The molecule has 0 spiro atoms. The number of piperazine rings is 1. The molecule has 2 rings (SSSR count). The summed E-state index contributed by atoms with van der Waals surface area (Å²) in [5.41, 5.74) is 0. The number of hydrogen-bond donors (Lipinski definition) is 0. The zero-order valence-electron chi connectivity index (χ0n) is 11.1. The van der Waals surface area contributed by atoms with E-state index in [1.54, 1.807) is 9.80 Å². The summed E-state index contributed by atoms with van der Waals surface area (Å²) in [6.45, 7) is 4.87. The molecule has 2 unspecified atom stereocenters. The Morgan fingerprint density at radius 1 is 1.33 bits per heavy atom. The van der Waals surface area contributed by atoms with Crippen LogP contribution in [0.25, 0.3) is 0 Å². The van der Waals surface area contributed by atoms with Crippen LogP contribution in [0.5, 0.6) is 0 Å². The monoisotopic (exact) mass is 248 g/mol. The van der Waals surface area contributed by atoms with Crippen molar-refractivity contribution in [2.24, 2.45) is 5.92 Å². The van der Waals surface area contributed by atoms with Crippen molar-refractivity contribution in [3.05, 3.63) is 0 Å². The van der Waals surface area contributed by atoms with E-state index in [-0.39, 0.29) is 36.4 Å². The van der Waals surface area contributed by atoms with Gasteiger partial charge in [0.15, 0.2) is 0 Å². The van der Waals surface area contributed by atoms with Gasteiger partial charge in [0, 0.05) is 6.54 Å². The Balaban J connectivity index is 2.31. The normalized spacial score (nSPS) is 28.3. The van der Waals surface area contributed by atoms with Gasteiger partial charge in [-0.25, -0.2) is 0 Å². The van der Waals surface area contributed by atoms with E-state index in [1.165, 1.54) is 0 Å². The van der Waals surface area contributed by atoms with Crippen LogP contribution < -0.4 is 0 Å². The second-order valence-electron chi connectivity index (χ2n) is 5.40. The van der Waals surface area contributed by atoms with E-state index in [2.05, 4.69) is 5.92 Å². The van der Waals surface area contributed by atoms with Gasteiger partial charge in [-0.2, -0.15) is 0 Å². The number of carbonyl (C=O) groups is 2. The van der Waals surface area contributed by atoms with Crippen molar-refractivity contribution in [2.45, 2.75) is 45.2 Å². The summed E-state index contributed by atoms with van der Waals surface area (Å²) < 4.78 is 0. The summed E-state index contributed by atoms with van der Waals surface area (Å²) in [7, 11) is 0. The van der Waals surface area contributed by atoms with Crippen LogP contribution in [0.3, 0.4) is 0 Å². The van der Waals surface area contributed by atoms with Gasteiger partial charge >= 0.3 is 0 Å². The highest BCUT2D eigenvalue weighted by Gasteiger charge is 2.47. The first-order valence-corrected chi connectivity index (χ1v) is 6.62. The number of piperidine rings is 1. The summed E-state index contributed by atoms with van der Waals surface area (Å²) in [5, 5.41) is 0. The topological polar surface area (TPSA) is 40.6 Å². The highest BCUT2D eigenvalue weighted by molar-refractivity contribution is 5.97. The molecular weight excluding hydrogens is 228 g/mol. The number of nitrogens with zero attached hydrogens (tertiary/aromatic N) is 2. The van der Waals surface area contributed by atoms with E-state index in [4.69, 9.17) is 6.42 Å². The third-order valence-corrected chi connectivity index (χ3v) is 3.84. The second-order valence-corrected chi connectivity index (χ2v) is 5.40. The van der Waals surface area contributed by atoms with Crippen molar-refractivity contribution in [3.63, 3.8) is 0 Å². The summed E-state index contributed by atoms with van der Waals surface area (Å²) in [5.74, 6) is 2.71. The van der Waals surface area contributed by atoms with Crippen molar-refractivity contribution >= 4 is 11.8 Å². The van der Waals surface area contributed by atoms with Crippen molar-refractivity contribution in [1.82, 2.24) is 9.80 Å². The van der Waals surface area contributed by atoms with Gasteiger partial charge in [0.05, 0.1) is 6.54 Å². The molecule has 98 valence electrons. The second kappa shape index (κ2) is 5.01. The average molecular weight is 248 g/mol. The third-order valence-electron chi connectivity index (χ3n) is 3.84. The highest BCUT2D eigenvalue weighted by Crippen LogP contribution is 2.28. The van der Waals surface area contributed by atoms with E-state index in [0.717, 1.165) is 19.3 Å². The molecular formula is C14H20N2O2. The fourth-order valence-corrected chi connectivity index (χ4v) is 3.00. The minimum Gasteiger partial charge on any atom is -0.329 e. The number of rotatable bonds is 2. The molecule has 2 atom stereocenters. The lowest BCUT2D eigenvalue weighted by Gasteiger charge is -2.47. The molecule has 4 nitrogen and oxygen atoms in total. The molecule has 2 saturated heterocycles. The summed E-state index contributed by atoms with van der Waals surface area (Å²) in [6, 6.07) is -0.655. The summed E-state index contributed by atoms with van der Waals surface area (Å²) >= 11 is 0. The van der Waals surface area contributed by atoms with Crippen molar-refractivity contribution in [2.75, 3.05) is 13.1 Å². The van der Waals surface area contributed by atoms with Crippen molar-refractivity contribution < 1.29 is 9.59 Å². The van der Waals surface area contributed by atoms with Crippen LogP contribution in [-0.4, -0.2) is 46.8 Å². The van der Waals surface area contributed by atoms with Gasteiger partial charge in [-0.05, 0) is 25.2 Å². The van der Waals surface area contributed by atoms with E-state index >= 15 is 0 Å². The van der Waals surface area contributed by atoms with Gasteiger partial charge in [-0.1, -0.05) is 19.8 Å². The maximum absolute atomic E-state index is 12.5. The van der Waals surface area contributed by atoms with E-state index in [9.17, 15) is 9.59 Å². The van der Waals surface area contributed by atoms with E-state index < -0.39 is 0 Å². The van der Waals surface area contributed by atoms with Crippen LogP contribution in [0.4, 0.5) is 0 Å². The van der Waals surface area contributed by atoms with Crippen molar-refractivity contribution in [3.8, 4) is 12.3 Å². The summed E-state index contributed by atoms with van der Waals surface area (Å²) in [4.78, 5) is 28.3. The largest absolute Gasteiger partial charge is 0.329 e. The van der Waals surface area contributed by atoms with Crippen LogP contribution >= 0.6 is 0 Å². The quantitative estimate of drug-likeness (QED) is 0.680. The Bertz CT molecular complexity index is 397. The van der Waals surface area contributed by atoms with Gasteiger partial charge in [0.2, 0.25) is 11.8 Å². The Hall–Kier alpha value is -1.50. The lowest BCUT2D eigenvalue weighted by atomic mass is 9.91. The van der Waals surface area contributed by atoms with Gasteiger partial charge in [0.1, 0.15) is 12.1 Å². The molecule has 2 fully saturated rings. The van der Waals surface area contributed by atoms with Gasteiger partial charge in [-0.3, -0.25) is 9.59 Å². The molecule has 18 heavy (non-hydrogen) atoms. The molecule has 0 aromatic rings. The SMILES string of the molecule is C#CCN1C(=O)C2CCCCN2C(=O)C1C(C)C. The molecule has 4 heteroatoms. The third kappa shape index (κ3) is 1.98. The van der Waals surface area contributed by atoms with Crippen LogP contribution in [0.2, 0.25) is 0 Å². The molecule has 0 aromatic carbocycles. The first kappa shape index (κ1) is 12.9. The van der Waals surface area contributed by atoms with Crippen LogP contribution in [0.1, 0.15) is 33.1 Å². The van der Waals surface area contributed by atoms with Gasteiger partial charge in [0.25, 0.3) is 0 Å². The maximum Gasteiger partial charge on any atom is 0.246 e. The van der Waals surface area contributed by atoms with E-state index in [1.807, 2.05) is 13.8 Å². The predicted molar refractivity (Wildman–Crippen MR) is 68.5 cm³/mol. The minimum absolute atomic E-state index is 0.0333. The fraction of sp³-hybridized carbons (Fsp3) is 0.714. The van der Waals surface area contributed by atoms with Crippen LogP contribution in [-0.2, 0) is 9.59 Å². The maximum atomic E-state index is 12.5. The minimum atomic E-state index is -0.386. The van der Waals surface area contributed by atoms with Crippen LogP contribution in [0, 0.1) is 18.3 Å². The Morgan fingerprint density at radius 3 is 2.67 bits per heavy atom. The zero-order chi connectivity index (χ0) is 13.3. The average Bonchev–Trinajstić information content (AvgIpc) is 2.35. The van der Waals surface area contributed by atoms with Gasteiger partial charge < -0.3 is 9.80 Å². The molecule has 0 radical (unpaired) electrons. The molecule has 2 amide bonds. The number of terminal acetylenes is 1. The Morgan fingerprint density at radius 2 is 2.06 bits per heavy atom. The molecule has 2 heterocycles. The Kier molecular flexibility index (Phi) is 3.60. The standard InChI is InChI=1S/C14H20N2O2/c1-4-8-16-12(10(2)3)14(18)15-9-6-5-7-11(15)13(16)17/h1,10-12H,5-9H2,2-3H3. The number of fused-ring (bicyclic) bond motifs is 1. The summed E-state index contributed by atoms with van der Waals surface area (Å²) in [6.07, 6.45) is 8.11. The molecule has 2 aliphatic heterocycles. The van der Waals surface area contributed by atoms with Crippen LogP contribution in [0.15, 0.2) is 0 Å². The number of hydrogen-bond acceptors (Lipinski definition) is 2. The fourth-order valence-electron chi connectivity index (χ4n) is 3.00. The number of carbonyl (C=O) groups excluding carboxylic acids is 2. The number of amides is 2. The first-order valence-electron chi connectivity index (χ1n) is 6.62. The predicted octanol–water partition coefficient (Wildman–Crippen LogP) is 0.867. The first-order chi connectivity index (χ1) is 8.57. The molecule has 0 aliphatic carbocycles. The smallest absolute Gasteiger partial charge is 0.246 e. The molecule has 0 bridgehead atoms. The van der Waals surface area contributed by atoms with Crippen molar-refractivity contribution in [1.29, 1.82) is 0 Å². The zero-order valence-corrected chi connectivity index (χ0v) is 11.1. The molecule has 0 saturated carbocycles. The highest BCUT2D eigenvalue weighted by atomic mass is 16.2. The lowest BCUT2D eigenvalue weighted by molar-refractivity contribution is -0.164. The lowest BCUT2D eigenvalue weighted by Crippen LogP contribution is -2.67. The van der Waals surface area contributed by atoms with Gasteiger partial charge in [-0.15, -0.1) is 6.42 Å². The molecule has 0 aromatic heterocycles. The molecule has 2 aliphatic rings. The molecule has 0 N–H and O–H groups in total. The van der Waals surface area contributed by atoms with E-state index in [0.29, 0.717) is 6.54 Å². The Labute approximate surface area is 108 Å².